The van der Waals surface area contributed by atoms with Gasteiger partial charge in [0.25, 0.3) is 5.91 Å². The molecule has 0 aromatic heterocycles. The first-order valence-electron chi connectivity index (χ1n) is 4.67. The van der Waals surface area contributed by atoms with Crippen LogP contribution in [0.2, 0.25) is 0 Å². The van der Waals surface area contributed by atoms with Crippen molar-refractivity contribution in [3.8, 4) is 6.07 Å². The number of carbonyl (C=O) groups excluding carboxylic acids is 1. The van der Waals surface area contributed by atoms with Crippen LogP contribution in [-0.2, 0) is 4.79 Å². The minimum Gasteiger partial charge on any atom is -0.295 e. The molecule has 1 rings (SSSR count). The molecule has 1 aromatic carbocycles. The van der Waals surface area contributed by atoms with E-state index in [9.17, 15) is 9.18 Å². The zero-order valence-electron chi connectivity index (χ0n) is 8.90. The molecule has 0 bridgehead atoms. The average Bonchev–Trinajstić information content (AvgIpc) is 2.26. The number of aryl methyl sites for hydroxylation is 1. The molecular formula is C12H11FN2O. The summed E-state index contributed by atoms with van der Waals surface area (Å²) >= 11 is 0. The summed E-state index contributed by atoms with van der Waals surface area (Å²) in [5.74, 6) is -0.750. The van der Waals surface area contributed by atoms with E-state index in [-0.39, 0.29) is 18.3 Å². The van der Waals surface area contributed by atoms with Crippen LogP contribution in [0, 0.1) is 24.1 Å². The van der Waals surface area contributed by atoms with Gasteiger partial charge in [0.2, 0.25) is 0 Å². The second kappa shape index (κ2) is 5.08. The van der Waals surface area contributed by atoms with Crippen molar-refractivity contribution in [3.63, 3.8) is 0 Å². The number of rotatable bonds is 3. The summed E-state index contributed by atoms with van der Waals surface area (Å²) in [6.07, 6.45) is 1.13. The molecule has 0 saturated heterocycles. The van der Waals surface area contributed by atoms with Crippen molar-refractivity contribution in [2.24, 2.45) is 0 Å². The lowest BCUT2D eigenvalue weighted by Crippen LogP contribution is -2.30. The van der Waals surface area contributed by atoms with Crippen molar-refractivity contribution < 1.29 is 9.18 Å². The maximum atomic E-state index is 12.9. The Hall–Kier alpha value is -2.15. The highest BCUT2D eigenvalue weighted by Gasteiger charge is 2.14. The van der Waals surface area contributed by atoms with Crippen molar-refractivity contribution in [2.45, 2.75) is 6.92 Å². The number of hydrogen-bond acceptors (Lipinski definition) is 2. The maximum Gasteiger partial charge on any atom is 0.251 e. The number of hydrogen-bond donors (Lipinski definition) is 0. The molecule has 0 heterocycles. The molecule has 0 aliphatic heterocycles. The lowest BCUT2D eigenvalue weighted by atomic mass is 10.1. The van der Waals surface area contributed by atoms with E-state index < -0.39 is 0 Å². The lowest BCUT2D eigenvalue weighted by molar-refractivity contribution is -0.114. The van der Waals surface area contributed by atoms with Gasteiger partial charge in [0, 0.05) is 5.69 Å². The van der Waals surface area contributed by atoms with Crippen LogP contribution in [-0.4, -0.2) is 12.5 Å². The van der Waals surface area contributed by atoms with Crippen LogP contribution < -0.4 is 4.90 Å². The molecule has 1 aromatic rings. The molecule has 0 N–H and O–H groups in total. The monoisotopic (exact) mass is 218 g/mol. The van der Waals surface area contributed by atoms with Crippen LogP contribution >= 0.6 is 0 Å². The Morgan fingerprint density at radius 1 is 1.69 bits per heavy atom. The Bertz CT molecular complexity index is 463. The molecule has 82 valence electrons. The fourth-order valence-electron chi connectivity index (χ4n) is 1.38. The zero-order valence-corrected chi connectivity index (χ0v) is 8.90. The van der Waals surface area contributed by atoms with E-state index in [0.29, 0.717) is 11.3 Å². The minimum atomic E-state index is -0.378. The van der Waals surface area contributed by atoms with Gasteiger partial charge in [-0.1, -0.05) is 6.58 Å². The van der Waals surface area contributed by atoms with Crippen LogP contribution in [0.25, 0.3) is 0 Å². The molecule has 1 amide bonds. The van der Waals surface area contributed by atoms with Crippen molar-refractivity contribution in [1.29, 1.82) is 5.26 Å². The molecule has 0 fully saturated rings. The van der Waals surface area contributed by atoms with E-state index >= 15 is 0 Å². The fraction of sp³-hybridized carbons (Fsp3) is 0.167. The number of benzene rings is 1. The first-order chi connectivity index (χ1) is 7.60. The van der Waals surface area contributed by atoms with Gasteiger partial charge >= 0.3 is 0 Å². The predicted molar refractivity (Wildman–Crippen MR) is 59.3 cm³/mol. The van der Waals surface area contributed by atoms with Crippen molar-refractivity contribution >= 4 is 11.6 Å². The van der Waals surface area contributed by atoms with E-state index in [1.54, 1.807) is 6.92 Å². The molecule has 0 radical (unpaired) electrons. The second-order valence-corrected chi connectivity index (χ2v) is 3.22. The number of halogens is 1. The predicted octanol–water partition coefficient (Wildman–Crippen LogP) is 2.18. The summed E-state index contributed by atoms with van der Waals surface area (Å²) < 4.78 is 12.9. The van der Waals surface area contributed by atoms with Gasteiger partial charge in [-0.3, -0.25) is 9.69 Å². The quantitative estimate of drug-likeness (QED) is 0.576. The van der Waals surface area contributed by atoms with Gasteiger partial charge in [0.15, 0.2) is 0 Å². The van der Waals surface area contributed by atoms with Crippen LogP contribution in [0.3, 0.4) is 0 Å². The van der Waals surface area contributed by atoms with Gasteiger partial charge in [-0.05, 0) is 36.8 Å². The zero-order chi connectivity index (χ0) is 12.1. The minimum absolute atomic E-state index is 0.0860. The molecule has 16 heavy (non-hydrogen) atoms. The highest BCUT2D eigenvalue weighted by molar-refractivity contribution is 6.01. The van der Waals surface area contributed by atoms with E-state index in [2.05, 4.69) is 6.58 Å². The third-order valence-electron chi connectivity index (χ3n) is 2.12. The molecule has 3 nitrogen and oxygen atoms in total. The average molecular weight is 218 g/mol. The summed E-state index contributed by atoms with van der Waals surface area (Å²) in [5.41, 5.74) is 1.12. The molecule has 4 heteroatoms. The van der Waals surface area contributed by atoms with Gasteiger partial charge in [-0.2, -0.15) is 5.26 Å². The summed E-state index contributed by atoms with van der Waals surface area (Å²) in [4.78, 5) is 12.8. The molecule has 0 unspecified atom stereocenters. The third kappa shape index (κ3) is 2.45. The standard InChI is InChI=1S/C12H11FN2O/c1-3-12(16)15(7-6-14)11-5-4-10(13)8-9(11)2/h3-5,8H,1,7H2,2H3. The number of amides is 1. The Balaban J connectivity index is 3.16. The van der Waals surface area contributed by atoms with E-state index in [4.69, 9.17) is 5.26 Å². The van der Waals surface area contributed by atoms with E-state index in [1.807, 2.05) is 6.07 Å². The van der Waals surface area contributed by atoms with Crippen LogP contribution in [0.4, 0.5) is 10.1 Å². The Labute approximate surface area is 93.4 Å². The first-order valence-corrected chi connectivity index (χ1v) is 4.67. The molecular weight excluding hydrogens is 207 g/mol. The van der Waals surface area contributed by atoms with E-state index in [1.165, 1.54) is 23.1 Å². The smallest absolute Gasteiger partial charge is 0.251 e. The summed E-state index contributed by atoms with van der Waals surface area (Å²) in [6.45, 7) is 4.96. The Morgan fingerprint density at radius 3 is 2.88 bits per heavy atom. The van der Waals surface area contributed by atoms with Crippen molar-refractivity contribution in [1.82, 2.24) is 0 Å². The summed E-state index contributed by atoms with van der Waals surface area (Å²) in [6, 6.07) is 5.93. The van der Waals surface area contributed by atoms with Crippen LogP contribution in [0.15, 0.2) is 30.9 Å². The Morgan fingerprint density at radius 2 is 2.38 bits per heavy atom. The fourth-order valence-corrected chi connectivity index (χ4v) is 1.38. The van der Waals surface area contributed by atoms with Gasteiger partial charge in [0.1, 0.15) is 12.4 Å². The Kier molecular flexibility index (Phi) is 3.78. The highest BCUT2D eigenvalue weighted by Crippen LogP contribution is 2.20. The van der Waals surface area contributed by atoms with Gasteiger partial charge in [-0.25, -0.2) is 4.39 Å². The van der Waals surface area contributed by atoms with Gasteiger partial charge in [0.05, 0.1) is 6.07 Å². The van der Waals surface area contributed by atoms with Crippen LogP contribution in [0.1, 0.15) is 5.56 Å². The lowest BCUT2D eigenvalue weighted by Gasteiger charge is -2.19. The largest absolute Gasteiger partial charge is 0.295 e. The van der Waals surface area contributed by atoms with Crippen molar-refractivity contribution in [2.75, 3.05) is 11.4 Å². The summed E-state index contributed by atoms with van der Waals surface area (Å²) in [5, 5.41) is 8.64. The number of nitrogens with zero attached hydrogens (tertiary/aromatic N) is 2. The molecule has 0 saturated carbocycles. The first kappa shape index (κ1) is 11.9. The molecule has 0 atom stereocenters. The number of carbonyl (C=O) groups is 1. The molecule has 0 spiro atoms. The van der Waals surface area contributed by atoms with E-state index in [0.717, 1.165) is 6.08 Å². The number of anilines is 1. The molecule has 0 aliphatic carbocycles. The summed E-state index contributed by atoms with van der Waals surface area (Å²) in [7, 11) is 0. The van der Waals surface area contributed by atoms with Crippen LogP contribution in [0.5, 0.6) is 0 Å². The maximum absolute atomic E-state index is 12.9. The van der Waals surface area contributed by atoms with Crippen molar-refractivity contribution in [3.05, 3.63) is 42.2 Å². The van der Waals surface area contributed by atoms with Gasteiger partial charge < -0.3 is 0 Å². The highest BCUT2D eigenvalue weighted by atomic mass is 19.1. The second-order valence-electron chi connectivity index (χ2n) is 3.22. The molecule has 0 aliphatic rings. The third-order valence-corrected chi connectivity index (χ3v) is 2.12. The topological polar surface area (TPSA) is 44.1 Å². The van der Waals surface area contributed by atoms with Gasteiger partial charge in [-0.15, -0.1) is 0 Å². The normalized spacial score (nSPS) is 9.31. The SMILES string of the molecule is C=CC(=O)N(CC#N)c1ccc(F)cc1C. The number of nitriles is 1.